The maximum absolute atomic E-state index is 13.7. The summed E-state index contributed by atoms with van der Waals surface area (Å²) in [6.45, 7) is 1.05. The molecule has 2 aliphatic carbocycles. The van der Waals surface area contributed by atoms with Crippen LogP contribution in [-0.4, -0.2) is 29.9 Å². The molecule has 0 atom stereocenters. The van der Waals surface area contributed by atoms with Gasteiger partial charge < -0.3 is 0 Å². The summed E-state index contributed by atoms with van der Waals surface area (Å²) >= 11 is 0. The molecule has 0 N–H and O–H groups in total. The predicted molar refractivity (Wildman–Crippen MR) is 147 cm³/mol. The van der Waals surface area contributed by atoms with Gasteiger partial charge in [0.1, 0.15) is 53.4 Å². The van der Waals surface area contributed by atoms with Crippen LogP contribution in [0, 0.1) is 74.9 Å². The third-order valence-electron chi connectivity index (χ3n) is 7.00. The molecule has 2 aromatic heterocycles. The zero-order chi connectivity index (χ0) is 37.8. The largest absolute Gasteiger partial charge is 0.451 e. The van der Waals surface area contributed by atoms with Crippen molar-refractivity contribution in [2.24, 2.45) is 0 Å². The standard InChI is InChI=1S/C30H5F9N12/c1-10-46-23(48-25(47-10)28(31,32)33)21-17(8-44)13-2-14-16(3-15(13)19(21)11(4-40)5-41)20(12(6-42)7-43)22(18(14)9-45)24-49-26(29(34,35)36)51-27(50-24)30(37,38)39/h2-3H,1H3. The lowest BCUT2D eigenvalue weighted by Gasteiger charge is -2.13. The van der Waals surface area contributed by atoms with Crippen LogP contribution in [0.3, 0.4) is 0 Å². The highest BCUT2D eigenvalue weighted by atomic mass is 19.4. The van der Waals surface area contributed by atoms with E-state index in [-0.39, 0.29) is 11.1 Å². The SMILES string of the molecule is Cc1nc(C2=C(C#N)c3cc4c(cc3C2=C(C#N)C#N)C(=C(C#N)C#N)C(c2nc(C(F)(F)F)nc(C(F)(F)F)n2)=C4C#N)nc(C(F)(F)F)n1. The fourth-order valence-electron chi connectivity index (χ4n) is 5.15. The van der Waals surface area contributed by atoms with Gasteiger partial charge in [-0.05, 0) is 30.2 Å². The highest BCUT2D eigenvalue weighted by Gasteiger charge is 2.45. The molecule has 2 aliphatic rings. The van der Waals surface area contributed by atoms with E-state index in [1.165, 1.54) is 24.3 Å². The topological polar surface area (TPSA) is 220 Å². The van der Waals surface area contributed by atoms with Crippen LogP contribution in [0.1, 0.15) is 57.2 Å². The second-order valence-corrected chi connectivity index (χ2v) is 9.94. The van der Waals surface area contributed by atoms with Crippen LogP contribution < -0.4 is 0 Å². The quantitative estimate of drug-likeness (QED) is 0.224. The first-order valence-corrected chi connectivity index (χ1v) is 13.1. The zero-order valence-electron chi connectivity index (χ0n) is 24.4. The Morgan fingerprint density at radius 1 is 0.490 bits per heavy atom. The first-order valence-electron chi connectivity index (χ1n) is 13.1. The molecule has 2 heterocycles. The number of aromatic nitrogens is 6. The number of nitrogens with zero attached hydrogens (tertiary/aromatic N) is 12. The normalized spacial score (nSPS) is 13.7. The summed E-state index contributed by atoms with van der Waals surface area (Å²) in [5, 5.41) is 59.6. The molecule has 0 saturated heterocycles. The highest BCUT2D eigenvalue weighted by molar-refractivity contribution is 6.29. The van der Waals surface area contributed by atoms with Gasteiger partial charge in [0.05, 0.1) is 11.1 Å². The van der Waals surface area contributed by atoms with E-state index in [2.05, 4.69) is 29.9 Å². The minimum Gasteiger partial charge on any atom is -0.213 e. The zero-order valence-corrected chi connectivity index (χ0v) is 24.4. The Labute approximate surface area is 277 Å². The third kappa shape index (κ3) is 5.71. The summed E-state index contributed by atoms with van der Waals surface area (Å²) in [4.78, 5) is 19.0. The molecule has 0 aliphatic heterocycles. The van der Waals surface area contributed by atoms with Crippen molar-refractivity contribution < 1.29 is 39.5 Å². The number of nitriles is 6. The predicted octanol–water partition coefficient (Wildman–Crippen LogP) is 5.92. The first kappa shape index (κ1) is 34.8. The molecule has 3 aromatic rings. The summed E-state index contributed by atoms with van der Waals surface area (Å²) in [6.07, 6.45) is -16.3. The van der Waals surface area contributed by atoms with Gasteiger partial charge in [-0.1, -0.05) is 0 Å². The van der Waals surface area contributed by atoms with Crippen molar-refractivity contribution in [2.75, 3.05) is 0 Å². The number of alkyl halides is 9. The Morgan fingerprint density at radius 3 is 1.16 bits per heavy atom. The Bertz CT molecular complexity index is 2450. The average molecular weight is 704 g/mol. The minimum atomic E-state index is -5.60. The molecular weight excluding hydrogens is 699 g/mol. The molecule has 0 unspecified atom stereocenters. The number of hydrogen-bond acceptors (Lipinski definition) is 12. The Kier molecular flexibility index (Phi) is 8.12. The van der Waals surface area contributed by atoms with Crippen molar-refractivity contribution in [1.29, 1.82) is 31.6 Å². The number of fused-ring (bicyclic) bond motifs is 2. The van der Waals surface area contributed by atoms with Crippen LogP contribution in [0.4, 0.5) is 39.5 Å². The number of hydrogen-bond donors (Lipinski definition) is 0. The summed E-state index contributed by atoms with van der Waals surface area (Å²) < 4.78 is 123. The van der Waals surface area contributed by atoms with Gasteiger partial charge in [0, 0.05) is 33.4 Å². The van der Waals surface area contributed by atoms with Gasteiger partial charge in [0.15, 0.2) is 11.6 Å². The van der Waals surface area contributed by atoms with Crippen molar-refractivity contribution in [2.45, 2.75) is 25.5 Å². The van der Waals surface area contributed by atoms with Crippen molar-refractivity contribution in [3.8, 4) is 36.4 Å². The molecular formula is C30H5F9N12. The number of halogens is 9. The van der Waals surface area contributed by atoms with Gasteiger partial charge in [0.2, 0.25) is 17.5 Å². The van der Waals surface area contributed by atoms with E-state index in [9.17, 15) is 71.1 Å². The Morgan fingerprint density at radius 2 is 0.824 bits per heavy atom. The molecule has 0 amide bonds. The summed E-state index contributed by atoms with van der Waals surface area (Å²) in [7, 11) is 0. The number of aryl methyl sites for hydroxylation is 1. The second kappa shape index (κ2) is 11.9. The molecule has 51 heavy (non-hydrogen) atoms. The van der Waals surface area contributed by atoms with Crippen LogP contribution in [0.25, 0.3) is 33.4 Å². The van der Waals surface area contributed by atoms with Crippen LogP contribution in [0.5, 0.6) is 0 Å². The van der Waals surface area contributed by atoms with Gasteiger partial charge in [-0.25, -0.2) is 29.9 Å². The van der Waals surface area contributed by atoms with Crippen LogP contribution in [0.15, 0.2) is 23.3 Å². The van der Waals surface area contributed by atoms with E-state index < -0.39 is 109 Å². The Hall–Kier alpha value is -7.49. The van der Waals surface area contributed by atoms with Crippen LogP contribution in [-0.2, 0) is 18.5 Å². The van der Waals surface area contributed by atoms with E-state index in [1.54, 1.807) is 12.1 Å². The van der Waals surface area contributed by atoms with Crippen LogP contribution >= 0.6 is 0 Å². The molecule has 0 radical (unpaired) electrons. The van der Waals surface area contributed by atoms with Gasteiger partial charge >= 0.3 is 18.5 Å². The smallest absolute Gasteiger partial charge is 0.213 e. The van der Waals surface area contributed by atoms with Crippen molar-refractivity contribution in [3.05, 3.63) is 80.5 Å². The fraction of sp³-hybridized carbons (Fsp3) is 0.133. The van der Waals surface area contributed by atoms with Crippen molar-refractivity contribution in [3.63, 3.8) is 0 Å². The van der Waals surface area contributed by atoms with E-state index in [0.29, 0.717) is 0 Å². The maximum Gasteiger partial charge on any atom is 0.451 e. The average Bonchev–Trinajstić information content (AvgIpc) is 3.55. The summed E-state index contributed by atoms with van der Waals surface area (Å²) in [5.41, 5.74) is -7.55. The maximum atomic E-state index is 13.7. The lowest BCUT2D eigenvalue weighted by molar-refractivity contribution is -0.155. The van der Waals surface area contributed by atoms with Gasteiger partial charge in [-0.15, -0.1) is 0 Å². The summed E-state index contributed by atoms with van der Waals surface area (Å²) in [5.74, 6) is -9.17. The monoisotopic (exact) mass is 704 g/mol. The van der Waals surface area contributed by atoms with Gasteiger partial charge in [-0.2, -0.15) is 71.1 Å². The van der Waals surface area contributed by atoms with E-state index in [4.69, 9.17) is 0 Å². The summed E-state index contributed by atoms with van der Waals surface area (Å²) in [6, 6.07) is 11.0. The van der Waals surface area contributed by atoms with Gasteiger partial charge in [0.25, 0.3) is 0 Å². The fourth-order valence-corrected chi connectivity index (χ4v) is 5.15. The molecule has 5 rings (SSSR count). The second-order valence-electron chi connectivity index (χ2n) is 9.94. The molecule has 1 aromatic carbocycles. The van der Waals surface area contributed by atoms with Crippen molar-refractivity contribution in [1.82, 2.24) is 29.9 Å². The molecule has 0 bridgehead atoms. The molecule has 0 spiro atoms. The molecule has 12 nitrogen and oxygen atoms in total. The van der Waals surface area contributed by atoms with Gasteiger partial charge in [-0.3, -0.25) is 0 Å². The number of rotatable bonds is 2. The van der Waals surface area contributed by atoms with Crippen LogP contribution in [0.2, 0.25) is 0 Å². The van der Waals surface area contributed by atoms with E-state index >= 15 is 0 Å². The number of benzene rings is 1. The highest BCUT2D eigenvalue weighted by Crippen LogP contribution is 2.54. The Balaban J connectivity index is 1.96. The van der Waals surface area contributed by atoms with Crippen molar-refractivity contribution >= 4 is 33.4 Å². The lowest BCUT2D eigenvalue weighted by atomic mass is 9.91. The molecule has 21 heteroatoms. The molecule has 248 valence electrons. The number of allylic oxidation sites excluding steroid dienone is 8. The minimum absolute atomic E-state index is 0.317. The van der Waals surface area contributed by atoms with E-state index in [1.807, 2.05) is 0 Å². The first-order chi connectivity index (χ1) is 23.8. The van der Waals surface area contributed by atoms with E-state index in [0.717, 1.165) is 19.1 Å². The molecule has 0 saturated carbocycles. The lowest BCUT2D eigenvalue weighted by Crippen LogP contribution is -2.21. The molecule has 0 fully saturated rings. The third-order valence-corrected chi connectivity index (χ3v) is 7.00.